The second-order valence-corrected chi connectivity index (χ2v) is 5.46. The first-order chi connectivity index (χ1) is 8.08. The van der Waals surface area contributed by atoms with Gasteiger partial charge in [-0.2, -0.15) is 0 Å². The SMILES string of the molecule is Cc1ccc(C(=O)N2CCC(Cl)CC2)cc1Cl. The van der Waals surface area contributed by atoms with Crippen LogP contribution in [0.15, 0.2) is 18.2 Å². The predicted molar refractivity (Wildman–Crippen MR) is 71.0 cm³/mol. The molecule has 0 atom stereocenters. The van der Waals surface area contributed by atoms with Crippen LogP contribution in [0.1, 0.15) is 28.8 Å². The minimum atomic E-state index is 0.0514. The Morgan fingerprint density at radius 2 is 2.00 bits per heavy atom. The molecule has 1 aliphatic rings. The Labute approximate surface area is 112 Å². The number of rotatable bonds is 1. The first-order valence-electron chi connectivity index (χ1n) is 5.77. The molecule has 0 spiro atoms. The van der Waals surface area contributed by atoms with Crippen LogP contribution in [-0.4, -0.2) is 29.3 Å². The number of carbonyl (C=O) groups excluding carboxylic acids is 1. The van der Waals surface area contributed by atoms with E-state index in [2.05, 4.69) is 0 Å². The molecule has 0 radical (unpaired) electrons. The van der Waals surface area contributed by atoms with Gasteiger partial charge in [-0.05, 0) is 37.5 Å². The first kappa shape index (κ1) is 12.7. The van der Waals surface area contributed by atoms with Gasteiger partial charge in [-0.1, -0.05) is 17.7 Å². The van der Waals surface area contributed by atoms with E-state index in [-0.39, 0.29) is 11.3 Å². The number of aryl methyl sites for hydroxylation is 1. The number of carbonyl (C=O) groups is 1. The lowest BCUT2D eigenvalue weighted by atomic mass is 10.1. The standard InChI is InChI=1S/C13H15Cl2NO/c1-9-2-3-10(8-12(9)15)13(17)16-6-4-11(14)5-7-16/h2-3,8,11H,4-7H2,1H3. The van der Waals surface area contributed by atoms with Crippen LogP contribution in [0.5, 0.6) is 0 Å². The summed E-state index contributed by atoms with van der Waals surface area (Å²) in [6, 6.07) is 5.45. The third kappa shape index (κ3) is 2.93. The average Bonchev–Trinajstić information content (AvgIpc) is 2.33. The van der Waals surface area contributed by atoms with E-state index >= 15 is 0 Å². The second kappa shape index (κ2) is 5.28. The number of nitrogens with zero attached hydrogens (tertiary/aromatic N) is 1. The summed E-state index contributed by atoms with van der Waals surface area (Å²) in [6.07, 6.45) is 1.74. The van der Waals surface area contributed by atoms with Crippen molar-refractivity contribution < 1.29 is 4.79 Å². The van der Waals surface area contributed by atoms with E-state index in [0.29, 0.717) is 10.6 Å². The molecule has 0 bridgehead atoms. The van der Waals surface area contributed by atoms with Crippen molar-refractivity contribution in [1.29, 1.82) is 0 Å². The van der Waals surface area contributed by atoms with E-state index in [1.165, 1.54) is 0 Å². The summed E-state index contributed by atoms with van der Waals surface area (Å²) in [6.45, 7) is 3.40. The molecule has 0 saturated carbocycles. The van der Waals surface area contributed by atoms with Gasteiger partial charge in [-0.3, -0.25) is 4.79 Å². The maximum Gasteiger partial charge on any atom is 0.253 e. The lowest BCUT2D eigenvalue weighted by Gasteiger charge is -2.29. The lowest BCUT2D eigenvalue weighted by molar-refractivity contribution is 0.0726. The molecule has 1 fully saturated rings. The Morgan fingerprint density at radius 3 is 2.59 bits per heavy atom. The van der Waals surface area contributed by atoms with Crippen LogP contribution in [0.2, 0.25) is 5.02 Å². The third-order valence-electron chi connectivity index (χ3n) is 3.13. The monoisotopic (exact) mass is 271 g/mol. The molecule has 1 heterocycles. The fourth-order valence-electron chi connectivity index (χ4n) is 1.96. The maximum atomic E-state index is 12.2. The van der Waals surface area contributed by atoms with Crippen LogP contribution in [0.25, 0.3) is 0 Å². The summed E-state index contributed by atoms with van der Waals surface area (Å²) >= 11 is 12.0. The highest BCUT2D eigenvalue weighted by Gasteiger charge is 2.22. The third-order valence-corrected chi connectivity index (χ3v) is 3.97. The van der Waals surface area contributed by atoms with Gasteiger partial charge in [0.05, 0.1) is 0 Å². The lowest BCUT2D eigenvalue weighted by Crippen LogP contribution is -2.38. The molecule has 1 aromatic rings. The number of piperidine rings is 1. The number of alkyl halides is 1. The summed E-state index contributed by atoms with van der Waals surface area (Å²) in [5, 5.41) is 0.851. The molecule has 0 aliphatic carbocycles. The molecule has 2 rings (SSSR count). The molecule has 4 heteroatoms. The summed E-state index contributed by atoms with van der Waals surface area (Å²) in [4.78, 5) is 14.0. The van der Waals surface area contributed by atoms with Crippen molar-refractivity contribution in [2.24, 2.45) is 0 Å². The molecule has 0 N–H and O–H groups in total. The molecule has 1 aliphatic heterocycles. The van der Waals surface area contributed by atoms with E-state index in [4.69, 9.17) is 23.2 Å². The molecule has 1 amide bonds. The van der Waals surface area contributed by atoms with Gasteiger partial charge in [-0.25, -0.2) is 0 Å². The fraction of sp³-hybridized carbons (Fsp3) is 0.462. The summed E-state index contributed by atoms with van der Waals surface area (Å²) in [7, 11) is 0. The first-order valence-corrected chi connectivity index (χ1v) is 6.59. The van der Waals surface area contributed by atoms with Gasteiger partial charge in [0.15, 0.2) is 0 Å². The van der Waals surface area contributed by atoms with Crippen molar-refractivity contribution in [1.82, 2.24) is 4.90 Å². The number of hydrogen-bond donors (Lipinski definition) is 0. The van der Waals surface area contributed by atoms with Gasteiger partial charge in [-0.15, -0.1) is 11.6 Å². The molecule has 1 aromatic carbocycles. The van der Waals surface area contributed by atoms with Crippen LogP contribution in [0, 0.1) is 6.92 Å². The van der Waals surface area contributed by atoms with E-state index in [0.717, 1.165) is 31.5 Å². The van der Waals surface area contributed by atoms with Gasteiger partial charge in [0.1, 0.15) is 0 Å². The Balaban J connectivity index is 2.11. The van der Waals surface area contributed by atoms with Crippen LogP contribution in [-0.2, 0) is 0 Å². The van der Waals surface area contributed by atoms with Crippen molar-refractivity contribution in [3.05, 3.63) is 34.3 Å². The molecule has 2 nitrogen and oxygen atoms in total. The van der Waals surface area contributed by atoms with E-state index in [1.54, 1.807) is 6.07 Å². The zero-order valence-electron chi connectivity index (χ0n) is 9.75. The van der Waals surface area contributed by atoms with Crippen LogP contribution < -0.4 is 0 Å². The van der Waals surface area contributed by atoms with Gasteiger partial charge in [0.25, 0.3) is 5.91 Å². The smallest absolute Gasteiger partial charge is 0.253 e. The summed E-state index contributed by atoms with van der Waals surface area (Å²) in [5.74, 6) is 0.0514. The normalized spacial score (nSPS) is 17.2. The molecule has 1 saturated heterocycles. The van der Waals surface area contributed by atoms with Crippen molar-refractivity contribution in [2.45, 2.75) is 25.1 Å². The van der Waals surface area contributed by atoms with Gasteiger partial charge >= 0.3 is 0 Å². The Kier molecular flexibility index (Phi) is 3.95. The molecule has 92 valence electrons. The average molecular weight is 272 g/mol. The number of halogens is 2. The second-order valence-electron chi connectivity index (χ2n) is 4.43. The predicted octanol–water partition coefficient (Wildman–Crippen LogP) is 3.49. The van der Waals surface area contributed by atoms with Crippen molar-refractivity contribution >= 4 is 29.1 Å². The quantitative estimate of drug-likeness (QED) is 0.716. The van der Waals surface area contributed by atoms with Crippen molar-refractivity contribution in [2.75, 3.05) is 13.1 Å². The largest absolute Gasteiger partial charge is 0.339 e. The Hall–Kier alpha value is -0.730. The minimum Gasteiger partial charge on any atom is -0.339 e. The van der Waals surface area contributed by atoms with Crippen LogP contribution >= 0.6 is 23.2 Å². The van der Waals surface area contributed by atoms with E-state index in [9.17, 15) is 4.79 Å². The topological polar surface area (TPSA) is 20.3 Å². The Bertz CT molecular complexity index is 425. The summed E-state index contributed by atoms with van der Waals surface area (Å²) in [5.41, 5.74) is 1.65. The highest BCUT2D eigenvalue weighted by Crippen LogP contribution is 2.21. The number of benzene rings is 1. The minimum absolute atomic E-state index is 0.0514. The highest BCUT2D eigenvalue weighted by atomic mass is 35.5. The van der Waals surface area contributed by atoms with Gasteiger partial charge < -0.3 is 4.90 Å². The number of hydrogen-bond acceptors (Lipinski definition) is 1. The van der Waals surface area contributed by atoms with E-state index < -0.39 is 0 Å². The summed E-state index contributed by atoms with van der Waals surface area (Å²) < 4.78 is 0. The molecule has 0 unspecified atom stereocenters. The van der Waals surface area contributed by atoms with E-state index in [1.807, 2.05) is 24.0 Å². The highest BCUT2D eigenvalue weighted by molar-refractivity contribution is 6.31. The molecular formula is C13H15Cl2NO. The molecular weight excluding hydrogens is 257 g/mol. The van der Waals surface area contributed by atoms with Crippen molar-refractivity contribution in [3.8, 4) is 0 Å². The number of amides is 1. The van der Waals surface area contributed by atoms with Gasteiger partial charge in [0, 0.05) is 29.1 Å². The number of likely N-dealkylation sites (tertiary alicyclic amines) is 1. The van der Waals surface area contributed by atoms with Crippen LogP contribution in [0.4, 0.5) is 0 Å². The zero-order chi connectivity index (χ0) is 12.4. The van der Waals surface area contributed by atoms with Gasteiger partial charge in [0.2, 0.25) is 0 Å². The fourth-order valence-corrected chi connectivity index (χ4v) is 2.34. The zero-order valence-corrected chi connectivity index (χ0v) is 11.3. The van der Waals surface area contributed by atoms with Crippen LogP contribution in [0.3, 0.4) is 0 Å². The maximum absolute atomic E-state index is 12.2. The Morgan fingerprint density at radius 1 is 1.35 bits per heavy atom. The van der Waals surface area contributed by atoms with Crippen molar-refractivity contribution in [3.63, 3.8) is 0 Å². The molecule has 0 aromatic heterocycles. The molecule has 17 heavy (non-hydrogen) atoms.